The number of rotatable bonds is 5. The number of fused-ring (bicyclic) bond motifs is 1. The van der Waals surface area contributed by atoms with Gasteiger partial charge in [-0.2, -0.15) is 4.98 Å². The minimum Gasteiger partial charge on any atom is -0.359 e. The number of hydrogen-bond donors (Lipinski definition) is 0. The summed E-state index contributed by atoms with van der Waals surface area (Å²) in [6.07, 6.45) is 1.27. The van der Waals surface area contributed by atoms with Crippen molar-refractivity contribution in [1.82, 2.24) is 24.4 Å². The van der Waals surface area contributed by atoms with Gasteiger partial charge in [0.2, 0.25) is 0 Å². The van der Waals surface area contributed by atoms with Crippen LogP contribution in [-0.4, -0.2) is 68.2 Å². The van der Waals surface area contributed by atoms with Crippen molar-refractivity contribution in [3.05, 3.63) is 75.2 Å². The highest BCUT2D eigenvalue weighted by Gasteiger charge is 2.45. The van der Waals surface area contributed by atoms with Gasteiger partial charge in [-0.1, -0.05) is 37.6 Å². The van der Waals surface area contributed by atoms with E-state index in [1.54, 1.807) is 35.4 Å². The van der Waals surface area contributed by atoms with E-state index in [0.717, 1.165) is 5.56 Å². The van der Waals surface area contributed by atoms with Crippen molar-refractivity contribution in [2.75, 3.05) is 24.5 Å². The van der Waals surface area contributed by atoms with Crippen molar-refractivity contribution in [3.8, 4) is 16.9 Å². The lowest BCUT2D eigenvalue weighted by Gasteiger charge is -2.40. The van der Waals surface area contributed by atoms with Crippen molar-refractivity contribution in [2.24, 2.45) is 0 Å². The SMILES string of the molecule is Cc1ccnc(C(C)C)c1-n1c(=O)nc(N2CCN(C(=O)[C@@H]3O[C@H]3C)C[C@@H]2C)c2cc(Cl)c(-c3ccccc3F)nc21. The number of halogens is 2. The van der Waals surface area contributed by atoms with Crippen LogP contribution in [0.4, 0.5) is 10.2 Å². The molecule has 0 saturated carbocycles. The summed E-state index contributed by atoms with van der Waals surface area (Å²) in [5.41, 5.74) is 2.36. The number of carbonyl (C=O) groups excluding carboxylic acids is 1. The van der Waals surface area contributed by atoms with Crippen molar-refractivity contribution < 1.29 is 13.9 Å². The van der Waals surface area contributed by atoms with Crippen molar-refractivity contribution in [1.29, 1.82) is 0 Å². The average molecular weight is 591 g/mol. The van der Waals surface area contributed by atoms with Gasteiger partial charge in [-0.3, -0.25) is 9.78 Å². The Balaban J connectivity index is 1.56. The van der Waals surface area contributed by atoms with Crippen LogP contribution >= 0.6 is 11.6 Å². The van der Waals surface area contributed by atoms with Crippen LogP contribution in [0.15, 0.2) is 47.4 Å². The van der Waals surface area contributed by atoms with Gasteiger partial charge in [-0.05, 0) is 56.5 Å². The van der Waals surface area contributed by atoms with E-state index in [1.807, 2.05) is 45.6 Å². The number of hydrogen-bond acceptors (Lipinski definition) is 7. The molecule has 2 saturated heterocycles. The fourth-order valence-electron chi connectivity index (χ4n) is 5.75. The fraction of sp³-hybridized carbons (Fsp3) is 0.387. The van der Waals surface area contributed by atoms with E-state index in [2.05, 4.69) is 9.97 Å². The molecule has 6 rings (SSSR count). The van der Waals surface area contributed by atoms with Crippen LogP contribution in [0.1, 0.15) is 44.9 Å². The molecule has 2 aliphatic heterocycles. The zero-order valence-electron chi connectivity index (χ0n) is 24.1. The summed E-state index contributed by atoms with van der Waals surface area (Å²) in [5.74, 6) is -0.0688. The molecule has 4 aromatic rings. The molecule has 9 nitrogen and oxygen atoms in total. The van der Waals surface area contributed by atoms with E-state index in [4.69, 9.17) is 21.3 Å². The number of ether oxygens (including phenoxy) is 1. The summed E-state index contributed by atoms with van der Waals surface area (Å²) in [5, 5.41) is 0.776. The number of anilines is 1. The predicted molar refractivity (Wildman–Crippen MR) is 160 cm³/mol. The first-order chi connectivity index (χ1) is 20.1. The maximum atomic E-state index is 15.0. The van der Waals surface area contributed by atoms with E-state index in [9.17, 15) is 14.0 Å². The molecule has 11 heteroatoms. The molecule has 0 radical (unpaired) electrons. The van der Waals surface area contributed by atoms with E-state index in [0.29, 0.717) is 47.9 Å². The van der Waals surface area contributed by atoms with Crippen LogP contribution in [-0.2, 0) is 9.53 Å². The Hall–Kier alpha value is -3.89. The van der Waals surface area contributed by atoms with Gasteiger partial charge in [0.25, 0.3) is 5.91 Å². The maximum Gasteiger partial charge on any atom is 0.355 e. The molecule has 3 aromatic heterocycles. The highest BCUT2D eigenvalue weighted by molar-refractivity contribution is 6.33. The molecule has 218 valence electrons. The third-order valence-electron chi connectivity index (χ3n) is 8.02. The lowest BCUT2D eigenvalue weighted by molar-refractivity contribution is -0.133. The van der Waals surface area contributed by atoms with Crippen LogP contribution < -0.4 is 10.6 Å². The topological polar surface area (TPSA) is 96.8 Å². The second-order valence-electron chi connectivity index (χ2n) is 11.3. The predicted octanol–water partition coefficient (Wildman–Crippen LogP) is 4.89. The van der Waals surface area contributed by atoms with E-state index >= 15 is 0 Å². The van der Waals surface area contributed by atoms with Crippen LogP contribution in [0, 0.1) is 12.7 Å². The summed E-state index contributed by atoms with van der Waals surface area (Å²) in [7, 11) is 0. The van der Waals surface area contributed by atoms with Gasteiger partial charge in [-0.15, -0.1) is 0 Å². The highest BCUT2D eigenvalue weighted by atomic mass is 35.5. The summed E-state index contributed by atoms with van der Waals surface area (Å²) < 4.78 is 21.8. The van der Waals surface area contributed by atoms with Crippen LogP contribution in [0.3, 0.4) is 0 Å². The number of nitrogens with zero attached hydrogens (tertiary/aromatic N) is 6. The number of aromatic nitrogens is 4. The molecule has 2 aliphatic rings. The molecule has 2 fully saturated rings. The second-order valence-corrected chi connectivity index (χ2v) is 11.7. The van der Waals surface area contributed by atoms with Crippen LogP contribution in [0.25, 0.3) is 28.0 Å². The van der Waals surface area contributed by atoms with Gasteiger partial charge in [0.15, 0.2) is 11.8 Å². The number of epoxide rings is 1. The van der Waals surface area contributed by atoms with Crippen LogP contribution in [0.5, 0.6) is 0 Å². The summed E-state index contributed by atoms with van der Waals surface area (Å²) in [4.78, 5) is 44.7. The van der Waals surface area contributed by atoms with Crippen molar-refractivity contribution in [3.63, 3.8) is 0 Å². The van der Waals surface area contributed by atoms with Gasteiger partial charge in [0, 0.05) is 37.4 Å². The third-order valence-corrected chi connectivity index (χ3v) is 8.31. The highest BCUT2D eigenvalue weighted by Crippen LogP contribution is 2.36. The first-order valence-corrected chi connectivity index (χ1v) is 14.5. The Kier molecular flexibility index (Phi) is 7.22. The molecule has 1 aromatic carbocycles. The quantitative estimate of drug-likeness (QED) is 0.305. The number of pyridine rings is 2. The summed E-state index contributed by atoms with van der Waals surface area (Å²) in [6, 6.07) is 9.65. The van der Waals surface area contributed by atoms with E-state index < -0.39 is 11.5 Å². The Bertz CT molecular complexity index is 1780. The fourth-order valence-corrected chi connectivity index (χ4v) is 6.00. The largest absolute Gasteiger partial charge is 0.359 e. The molecule has 42 heavy (non-hydrogen) atoms. The van der Waals surface area contributed by atoms with Crippen LogP contribution in [0.2, 0.25) is 5.02 Å². The second kappa shape index (κ2) is 10.7. The van der Waals surface area contributed by atoms with Gasteiger partial charge in [0.1, 0.15) is 11.6 Å². The number of amides is 1. The standard InChI is InChI=1S/C31H32ClFN6O3/c1-16(2)24-26(17(3)10-11-34-24)39-29-21(14-22(32)25(35-29)20-8-6-7-9-23(20)33)28(36-31(39)41)38-13-12-37(15-18(38)4)30(40)27-19(5)42-27/h6-11,14,16,18-19,27H,12-13,15H2,1-5H3/t18-,19-,27+/m0/s1. The molecule has 3 atom stereocenters. The number of aryl methyl sites for hydroxylation is 1. The van der Waals surface area contributed by atoms with Crippen molar-refractivity contribution >= 4 is 34.4 Å². The first-order valence-electron chi connectivity index (χ1n) is 14.1. The Morgan fingerprint density at radius 1 is 1.14 bits per heavy atom. The number of carbonyl (C=O) groups is 1. The molecular weight excluding hydrogens is 559 g/mol. The monoisotopic (exact) mass is 590 g/mol. The molecule has 0 N–H and O–H groups in total. The summed E-state index contributed by atoms with van der Waals surface area (Å²) in [6.45, 7) is 11.1. The van der Waals surface area contributed by atoms with Gasteiger partial charge in [-0.25, -0.2) is 18.7 Å². The molecular formula is C31H32ClFN6O3. The normalized spacial score (nSPS) is 20.4. The lowest BCUT2D eigenvalue weighted by atomic mass is 10.0. The minimum absolute atomic E-state index is 0.00340. The zero-order valence-corrected chi connectivity index (χ0v) is 24.9. The molecule has 0 spiro atoms. The minimum atomic E-state index is -0.532. The smallest absolute Gasteiger partial charge is 0.355 e. The average Bonchev–Trinajstić information content (AvgIpc) is 3.69. The maximum absolute atomic E-state index is 15.0. The Morgan fingerprint density at radius 2 is 1.88 bits per heavy atom. The molecule has 0 aliphatic carbocycles. The molecule has 1 amide bonds. The zero-order chi connectivity index (χ0) is 29.9. The molecule has 5 heterocycles. The van der Waals surface area contributed by atoms with E-state index in [1.165, 1.54) is 10.6 Å². The number of piperazine rings is 1. The first kappa shape index (κ1) is 28.2. The Labute approximate surface area is 247 Å². The number of benzene rings is 1. The Morgan fingerprint density at radius 3 is 2.55 bits per heavy atom. The lowest BCUT2D eigenvalue weighted by Crippen LogP contribution is -2.55. The van der Waals surface area contributed by atoms with Crippen molar-refractivity contribution in [2.45, 2.75) is 58.8 Å². The van der Waals surface area contributed by atoms with Gasteiger partial charge >= 0.3 is 5.69 Å². The van der Waals surface area contributed by atoms with Gasteiger partial charge in [0.05, 0.1) is 33.6 Å². The third kappa shape index (κ3) is 4.82. The summed E-state index contributed by atoms with van der Waals surface area (Å²) >= 11 is 6.79. The van der Waals surface area contributed by atoms with Gasteiger partial charge < -0.3 is 14.5 Å². The van der Waals surface area contributed by atoms with E-state index in [-0.39, 0.29) is 46.4 Å². The molecule has 0 bridgehead atoms. The molecule has 0 unspecified atom stereocenters.